The molecule has 1 aliphatic rings. The van der Waals surface area contributed by atoms with Crippen LogP contribution in [0, 0.1) is 5.92 Å². The van der Waals surface area contributed by atoms with Gasteiger partial charge in [-0.2, -0.15) is 0 Å². The van der Waals surface area contributed by atoms with Crippen LogP contribution in [-0.4, -0.2) is 23.4 Å². The van der Waals surface area contributed by atoms with Crippen LogP contribution in [-0.2, 0) is 15.0 Å². The number of carbonyl (C=O) groups is 2. The van der Waals surface area contributed by atoms with Gasteiger partial charge < -0.3 is 9.84 Å². The van der Waals surface area contributed by atoms with Crippen LogP contribution in [0.3, 0.4) is 0 Å². The van der Waals surface area contributed by atoms with Gasteiger partial charge >= 0.3 is 0 Å². The third kappa shape index (κ3) is 5.29. The molecule has 1 amide bonds. The number of rotatable bonds is 8. The minimum Gasteiger partial charge on any atom is -0.503 e. The monoisotopic (exact) mass is 449 g/mol. The SMILES string of the molecule is CCCOc1cccc(N2C(=O)C(O)=C(C(=O)CC(C)C)C2c2ccc(C(C)(C)C)cc2)c1. The maximum Gasteiger partial charge on any atom is 0.294 e. The number of hydrogen-bond donors (Lipinski definition) is 1. The number of aliphatic hydroxyl groups excluding tert-OH is 1. The van der Waals surface area contributed by atoms with Crippen molar-refractivity contribution in [3.05, 3.63) is 71.0 Å². The average molecular weight is 450 g/mol. The van der Waals surface area contributed by atoms with Crippen LogP contribution in [0.2, 0.25) is 0 Å². The van der Waals surface area contributed by atoms with E-state index in [-0.39, 0.29) is 29.1 Å². The Morgan fingerprint density at radius 2 is 1.79 bits per heavy atom. The number of anilines is 1. The summed E-state index contributed by atoms with van der Waals surface area (Å²) in [5.41, 5.74) is 2.66. The van der Waals surface area contributed by atoms with E-state index >= 15 is 0 Å². The van der Waals surface area contributed by atoms with E-state index in [0.29, 0.717) is 18.0 Å². The summed E-state index contributed by atoms with van der Waals surface area (Å²) in [4.78, 5) is 28.0. The van der Waals surface area contributed by atoms with Crippen molar-refractivity contribution in [2.75, 3.05) is 11.5 Å². The van der Waals surface area contributed by atoms with Crippen molar-refractivity contribution in [1.29, 1.82) is 0 Å². The van der Waals surface area contributed by atoms with Crippen LogP contribution in [0.25, 0.3) is 0 Å². The predicted molar refractivity (Wildman–Crippen MR) is 132 cm³/mol. The largest absolute Gasteiger partial charge is 0.503 e. The summed E-state index contributed by atoms with van der Waals surface area (Å²) in [6.07, 6.45) is 1.13. The molecule has 0 aliphatic carbocycles. The number of amides is 1. The predicted octanol–water partition coefficient (Wildman–Crippen LogP) is 6.29. The smallest absolute Gasteiger partial charge is 0.294 e. The Balaban J connectivity index is 2.10. The lowest BCUT2D eigenvalue weighted by atomic mass is 9.85. The number of Topliss-reactive ketones (excluding diaryl/α,β-unsaturated/α-hetero) is 1. The summed E-state index contributed by atoms with van der Waals surface area (Å²) in [6, 6.07) is 14.5. The highest BCUT2D eigenvalue weighted by Crippen LogP contribution is 2.42. The van der Waals surface area contributed by atoms with E-state index in [0.717, 1.165) is 17.5 Å². The molecule has 0 radical (unpaired) electrons. The zero-order valence-corrected chi connectivity index (χ0v) is 20.5. The fourth-order valence-corrected chi connectivity index (χ4v) is 4.06. The molecule has 2 aromatic carbocycles. The van der Waals surface area contributed by atoms with Gasteiger partial charge in [0.25, 0.3) is 5.91 Å². The van der Waals surface area contributed by atoms with E-state index in [1.54, 1.807) is 12.1 Å². The molecule has 0 spiro atoms. The van der Waals surface area contributed by atoms with Crippen LogP contribution in [0.1, 0.15) is 71.6 Å². The first-order valence-electron chi connectivity index (χ1n) is 11.7. The summed E-state index contributed by atoms with van der Waals surface area (Å²) < 4.78 is 5.76. The molecule has 1 unspecified atom stereocenters. The van der Waals surface area contributed by atoms with Crippen molar-refractivity contribution in [2.24, 2.45) is 5.92 Å². The van der Waals surface area contributed by atoms with Crippen molar-refractivity contribution in [1.82, 2.24) is 0 Å². The quantitative estimate of drug-likeness (QED) is 0.514. The molecular formula is C28H35NO4. The number of hydrogen-bond acceptors (Lipinski definition) is 4. The molecule has 0 saturated heterocycles. The Bertz CT molecular complexity index is 1040. The molecule has 1 atom stereocenters. The van der Waals surface area contributed by atoms with Gasteiger partial charge in [0.05, 0.1) is 18.2 Å². The van der Waals surface area contributed by atoms with E-state index < -0.39 is 17.7 Å². The van der Waals surface area contributed by atoms with Gasteiger partial charge in [-0.3, -0.25) is 14.5 Å². The number of nitrogens with zero attached hydrogens (tertiary/aromatic N) is 1. The van der Waals surface area contributed by atoms with E-state index in [9.17, 15) is 14.7 Å². The highest BCUT2D eigenvalue weighted by Gasteiger charge is 2.44. The second-order valence-corrected chi connectivity index (χ2v) is 10.1. The van der Waals surface area contributed by atoms with E-state index in [1.165, 1.54) is 4.90 Å². The van der Waals surface area contributed by atoms with E-state index in [4.69, 9.17) is 4.74 Å². The van der Waals surface area contributed by atoms with E-state index in [2.05, 4.69) is 20.8 Å². The van der Waals surface area contributed by atoms with Crippen molar-refractivity contribution < 1.29 is 19.4 Å². The first kappa shape index (κ1) is 24.6. The van der Waals surface area contributed by atoms with Crippen LogP contribution >= 0.6 is 0 Å². The Morgan fingerprint density at radius 3 is 2.36 bits per heavy atom. The van der Waals surface area contributed by atoms with E-state index in [1.807, 2.05) is 57.2 Å². The lowest BCUT2D eigenvalue weighted by Crippen LogP contribution is -2.31. The summed E-state index contributed by atoms with van der Waals surface area (Å²) in [5.74, 6) is -0.492. The first-order valence-corrected chi connectivity index (χ1v) is 11.7. The molecule has 1 N–H and O–H groups in total. The van der Waals surface area contributed by atoms with Gasteiger partial charge in [-0.25, -0.2) is 0 Å². The van der Waals surface area contributed by atoms with Gasteiger partial charge in [-0.15, -0.1) is 0 Å². The minimum atomic E-state index is -0.695. The number of aliphatic hydroxyl groups is 1. The standard InChI is InChI=1S/C28H35NO4/c1-7-15-33-22-10-8-9-21(17-22)29-25(19-11-13-20(14-12-19)28(4,5)6)24(26(31)27(29)32)23(30)16-18(2)3/h8-14,17-18,25,31H,7,15-16H2,1-6H3. The zero-order valence-electron chi connectivity index (χ0n) is 20.5. The molecule has 176 valence electrons. The molecule has 1 heterocycles. The molecule has 5 heteroatoms. The molecule has 1 aliphatic heterocycles. The van der Waals surface area contributed by atoms with Gasteiger partial charge in [0.15, 0.2) is 11.5 Å². The van der Waals surface area contributed by atoms with Gasteiger partial charge in [0.2, 0.25) is 0 Å². The molecule has 2 aromatic rings. The number of ketones is 1. The molecule has 0 fully saturated rings. The van der Waals surface area contributed by atoms with Crippen LogP contribution in [0.5, 0.6) is 5.75 Å². The lowest BCUT2D eigenvalue weighted by molar-refractivity contribution is -0.118. The number of ether oxygens (including phenoxy) is 1. The molecular weight excluding hydrogens is 414 g/mol. The van der Waals surface area contributed by atoms with Crippen molar-refractivity contribution in [2.45, 2.75) is 65.8 Å². The van der Waals surface area contributed by atoms with Gasteiger partial charge in [-0.05, 0) is 41.0 Å². The summed E-state index contributed by atoms with van der Waals surface area (Å²) in [7, 11) is 0. The molecule has 5 nitrogen and oxygen atoms in total. The third-order valence-corrected chi connectivity index (χ3v) is 5.76. The molecule has 0 saturated carbocycles. The summed E-state index contributed by atoms with van der Waals surface area (Å²) in [6.45, 7) is 12.9. The maximum atomic E-state index is 13.3. The minimum absolute atomic E-state index is 0.0249. The fraction of sp³-hybridized carbons (Fsp3) is 0.429. The molecule has 0 bridgehead atoms. The fourth-order valence-electron chi connectivity index (χ4n) is 4.06. The highest BCUT2D eigenvalue weighted by molar-refractivity contribution is 6.16. The maximum absolute atomic E-state index is 13.3. The molecule has 3 rings (SSSR count). The topological polar surface area (TPSA) is 66.8 Å². The van der Waals surface area contributed by atoms with Gasteiger partial charge in [0, 0.05) is 18.2 Å². The Labute approximate surface area is 197 Å². The first-order chi connectivity index (χ1) is 15.5. The molecule has 0 aromatic heterocycles. The number of benzene rings is 2. The second kappa shape index (κ2) is 9.82. The summed E-state index contributed by atoms with van der Waals surface area (Å²) >= 11 is 0. The van der Waals surface area contributed by atoms with Crippen molar-refractivity contribution in [3.63, 3.8) is 0 Å². The summed E-state index contributed by atoms with van der Waals surface area (Å²) in [5, 5.41) is 10.8. The molecule has 33 heavy (non-hydrogen) atoms. The average Bonchev–Trinajstić information content (AvgIpc) is 3.02. The third-order valence-electron chi connectivity index (χ3n) is 5.76. The lowest BCUT2D eigenvalue weighted by Gasteiger charge is -2.28. The van der Waals surface area contributed by atoms with Crippen molar-refractivity contribution in [3.8, 4) is 5.75 Å². The highest BCUT2D eigenvalue weighted by atomic mass is 16.5. The zero-order chi connectivity index (χ0) is 24.3. The Morgan fingerprint density at radius 1 is 1.12 bits per heavy atom. The van der Waals surface area contributed by atoms with Crippen molar-refractivity contribution >= 4 is 17.4 Å². The van der Waals surface area contributed by atoms with Gasteiger partial charge in [0.1, 0.15) is 5.75 Å². The Kier molecular flexibility index (Phi) is 7.31. The Hall–Kier alpha value is -3.08. The van der Waals surface area contributed by atoms with Crippen LogP contribution in [0.4, 0.5) is 5.69 Å². The second-order valence-electron chi connectivity index (χ2n) is 10.1. The van der Waals surface area contributed by atoms with Crippen LogP contribution in [0.15, 0.2) is 59.9 Å². The number of carbonyl (C=O) groups excluding carboxylic acids is 2. The van der Waals surface area contributed by atoms with Gasteiger partial charge in [-0.1, -0.05) is 71.9 Å². The normalized spacial score (nSPS) is 16.6. The van der Waals surface area contributed by atoms with Crippen LogP contribution < -0.4 is 9.64 Å².